The van der Waals surface area contributed by atoms with Gasteiger partial charge in [0.05, 0.1) is 6.10 Å². The number of nitrogens with two attached hydrogens (primary N) is 1. The molecule has 10 heavy (non-hydrogen) atoms. The average Bonchev–Trinajstić information content (AvgIpc) is 1.81. The zero-order valence-corrected chi connectivity index (χ0v) is 5.44. The first-order valence-corrected chi connectivity index (χ1v) is 2.64. The van der Waals surface area contributed by atoms with Gasteiger partial charge in [0.1, 0.15) is 0 Å². The molecule has 5 nitrogen and oxygen atoms in total. The Morgan fingerprint density at radius 1 is 1.80 bits per heavy atom. The standard InChI is InChI=1S/C5H8N2O3/c1-3(9)4(5(6)10)7-2-8/h3-4,9H,1H3,(H2,6,10). The van der Waals surface area contributed by atoms with E-state index < -0.39 is 18.1 Å². The molecule has 1 amide bonds. The Hall–Kier alpha value is -1.19. The van der Waals surface area contributed by atoms with Crippen LogP contribution in [0.4, 0.5) is 0 Å². The number of amides is 1. The minimum atomic E-state index is -1.17. The summed E-state index contributed by atoms with van der Waals surface area (Å²) in [4.78, 5) is 22.9. The van der Waals surface area contributed by atoms with Crippen molar-refractivity contribution in [3.05, 3.63) is 0 Å². The Bertz CT molecular complexity index is 170. The number of carbonyl (C=O) groups excluding carboxylic acids is 2. The molecular weight excluding hydrogens is 136 g/mol. The van der Waals surface area contributed by atoms with Crippen LogP contribution in [0.3, 0.4) is 0 Å². The van der Waals surface area contributed by atoms with Gasteiger partial charge in [-0.1, -0.05) is 0 Å². The van der Waals surface area contributed by atoms with Crippen LogP contribution in [-0.2, 0) is 9.59 Å². The van der Waals surface area contributed by atoms with Crippen LogP contribution in [-0.4, -0.2) is 29.2 Å². The normalized spacial score (nSPS) is 15.0. The van der Waals surface area contributed by atoms with Crippen molar-refractivity contribution >= 4 is 12.0 Å². The molecule has 0 aromatic rings. The highest BCUT2D eigenvalue weighted by Gasteiger charge is 2.19. The third kappa shape index (κ3) is 2.39. The van der Waals surface area contributed by atoms with Crippen LogP contribution in [0, 0.1) is 0 Å². The van der Waals surface area contributed by atoms with Crippen molar-refractivity contribution < 1.29 is 14.7 Å². The van der Waals surface area contributed by atoms with Crippen molar-refractivity contribution in [2.75, 3.05) is 0 Å². The van der Waals surface area contributed by atoms with Crippen LogP contribution in [0.2, 0.25) is 0 Å². The van der Waals surface area contributed by atoms with E-state index in [4.69, 9.17) is 10.8 Å². The van der Waals surface area contributed by atoms with Gasteiger partial charge in [0.2, 0.25) is 12.0 Å². The molecule has 2 atom stereocenters. The molecule has 0 saturated carbocycles. The number of primary amides is 1. The number of nitrogens with zero attached hydrogens (tertiary/aromatic N) is 1. The highest BCUT2D eigenvalue weighted by molar-refractivity contribution is 5.81. The summed E-state index contributed by atoms with van der Waals surface area (Å²) in [5.74, 6) is -0.835. The van der Waals surface area contributed by atoms with E-state index in [-0.39, 0.29) is 0 Å². The van der Waals surface area contributed by atoms with Crippen LogP contribution in [0.15, 0.2) is 4.99 Å². The first-order chi connectivity index (χ1) is 4.59. The van der Waals surface area contributed by atoms with Gasteiger partial charge in [-0.3, -0.25) is 4.79 Å². The minimum absolute atomic E-state index is 0.835. The van der Waals surface area contributed by atoms with Crippen molar-refractivity contribution in [3.63, 3.8) is 0 Å². The maximum Gasteiger partial charge on any atom is 0.245 e. The number of aliphatic imine (C=N–C) groups is 1. The molecule has 0 radical (unpaired) electrons. The lowest BCUT2D eigenvalue weighted by molar-refractivity contribution is -0.121. The Kier molecular flexibility index (Phi) is 3.32. The lowest BCUT2D eigenvalue weighted by Crippen LogP contribution is -2.35. The van der Waals surface area contributed by atoms with E-state index in [1.165, 1.54) is 6.92 Å². The number of carbonyl (C=O) groups is 1. The molecular formula is C5H8N2O3. The fourth-order valence-electron chi connectivity index (χ4n) is 0.466. The quantitative estimate of drug-likeness (QED) is 0.375. The molecule has 0 heterocycles. The molecule has 0 spiro atoms. The smallest absolute Gasteiger partial charge is 0.245 e. The monoisotopic (exact) mass is 144 g/mol. The summed E-state index contributed by atoms with van der Waals surface area (Å²) in [5, 5.41) is 8.74. The molecule has 0 aromatic carbocycles. The number of aliphatic hydroxyl groups excluding tert-OH is 1. The lowest BCUT2D eigenvalue weighted by atomic mass is 10.2. The predicted octanol–water partition coefficient (Wildman–Crippen LogP) is -1.44. The summed E-state index contributed by atoms with van der Waals surface area (Å²) >= 11 is 0. The summed E-state index contributed by atoms with van der Waals surface area (Å²) in [7, 11) is 0. The maximum atomic E-state index is 10.3. The third-order valence-corrected chi connectivity index (χ3v) is 0.940. The van der Waals surface area contributed by atoms with Crippen molar-refractivity contribution in [2.45, 2.75) is 19.1 Å². The first kappa shape index (κ1) is 8.81. The van der Waals surface area contributed by atoms with Crippen molar-refractivity contribution in [1.29, 1.82) is 0 Å². The summed E-state index contributed by atoms with van der Waals surface area (Å²) < 4.78 is 0. The number of hydrogen-bond acceptors (Lipinski definition) is 4. The van der Waals surface area contributed by atoms with Gasteiger partial charge in [0.15, 0.2) is 6.04 Å². The maximum absolute atomic E-state index is 10.3. The molecule has 3 N–H and O–H groups in total. The van der Waals surface area contributed by atoms with E-state index in [0.717, 1.165) is 6.08 Å². The molecule has 2 unspecified atom stereocenters. The van der Waals surface area contributed by atoms with Gasteiger partial charge in [-0.25, -0.2) is 4.79 Å². The second-order valence-corrected chi connectivity index (χ2v) is 1.81. The molecule has 0 fully saturated rings. The van der Waals surface area contributed by atoms with Crippen LogP contribution in [0.5, 0.6) is 0 Å². The summed E-state index contributed by atoms with van der Waals surface area (Å²) in [5.41, 5.74) is 4.75. The molecule has 0 bridgehead atoms. The topological polar surface area (TPSA) is 92.8 Å². The highest BCUT2D eigenvalue weighted by Crippen LogP contribution is 1.95. The SMILES string of the molecule is CC(O)C(N=C=O)C(N)=O. The second-order valence-electron chi connectivity index (χ2n) is 1.81. The summed E-state index contributed by atoms with van der Waals surface area (Å²) in [6.45, 7) is 1.32. The Balaban J connectivity index is 4.26. The Labute approximate surface area is 57.6 Å². The molecule has 56 valence electrons. The molecule has 0 aliphatic rings. The number of rotatable bonds is 3. The van der Waals surface area contributed by atoms with Gasteiger partial charge in [-0.15, -0.1) is 0 Å². The van der Waals surface area contributed by atoms with E-state index >= 15 is 0 Å². The highest BCUT2D eigenvalue weighted by atomic mass is 16.3. The van der Waals surface area contributed by atoms with Gasteiger partial charge in [0.25, 0.3) is 0 Å². The van der Waals surface area contributed by atoms with E-state index in [0.29, 0.717) is 0 Å². The predicted molar refractivity (Wildman–Crippen MR) is 32.8 cm³/mol. The average molecular weight is 144 g/mol. The summed E-state index contributed by atoms with van der Waals surface area (Å²) in [6, 6.07) is -1.17. The molecule has 0 aliphatic heterocycles. The largest absolute Gasteiger partial charge is 0.391 e. The zero-order chi connectivity index (χ0) is 8.15. The lowest BCUT2D eigenvalue weighted by Gasteiger charge is -2.07. The van der Waals surface area contributed by atoms with Gasteiger partial charge < -0.3 is 10.8 Å². The van der Waals surface area contributed by atoms with Crippen molar-refractivity contribution in [3.8, 4) is 0 Å². The van der Waals surface area contributed by atoms with E-state index in [9.17, 15) is 9.59 Å². The van der Waals surface area contributed by atoms with Crippen LogP contribution >= 0.6 is 0 Å². The Morgan fingerprint density at radius 2 is 2.30 bits per heavy atom. The van der Waals surface area contributed by atoms with E-state index in [1.807, 2.05) is 0 Å². The molecule has 0 rings (SSSR count). The number of isocyanates is 1. The number of aliphatic hydroxyl groups is 1. The summed E-state index contributed by atoms with van der Waals surface area (Å²) in [6.07, 6.45) is 0.102. The van der Waals surface area contributed by atoms with Gasteiger partial charge >= 0.3 is 0 Å². The second kappa shape index (κ2) is 3.76. The fraction of sp³-hybridized carbons (Fsp3) is 0.600. The van der Waals surface area contributed by atoms with Gasteiger partial charge in [-0.05, 0) is 6.92 Å². The van der Waals surface area contributed by atoms with Crippen molar-refractivity contribution in [1.82, 2.24) is 0 Å². The number of hydrogen-bond donors (Lipinski definition) is 2. The van der Waals surface area contributed by atoms with E-state index in [2.05, 4.69) is 4.99 Å². The first-order valence-electron chi connectivity index (χ1n) is 2.64. The van der Waals surface area contributed by atoms with Gasteiger partial charge in [-0.2, -0.15) is 4.99 Å². The molecule has 0 aromatic heterocycles. The molecule has 0 saturated heterocycles. The minimum Gasteiger partial charge on any atom is -0.391 e. The molecule has 5 heteroatoms. The van der Waals surface area contributed by atoms with Crippen LogP contribution in [0.1, 0.15) is 6.92 Å². The van der Waals surface area contributed by atoms with E-state index in [1.54, 1.807) is 0 Å². The van der Waals surface area contributed by atoms with Crippen molar-refractivity contribution in [2.24, 2.45) is 10.7 Å². The Morgan fingerprint density at radius 3 is 2.40 bits per heavy atom. The van der Waals surface area contributed by atoms with Crippen LogP contribution < -0.4 is 5.73 Å². The molecule has 0 aliphatic carbocycles. The van der Waals surface area contributed by atoms with Crippen LogP contribution in [0.25, 0.3) is 0 Å². The third-order valence-electron chi connectivity index (χ3n) is 0.940. The van der Waals surface area contributed by atoms with Gasteiger partial charge in [0, 0.05) is 0 Å². The zero-order valence-electron chi connectivity index (χ0n) is 5.44. The fourth-order valence-corrected chi connectivity index (χ4v) is 0.466.